The molecule has 0 fully saturated rings. The standard InChI is InChI=1S/C16H15ClFNO2/c17-13-7-4-8-14(18)15(13)16(21)19-10-12(20)9-11-5-2-1-3-6-11/h1-8,12,20H,9-10H2,(H,19,21). The Kier molecular flexibility index (Phi) is 5.31. The highest BCUT2D eigenvalue weighted by atomic mass is 35.5. The first-order valence-corrected chi connectivity index (χ1v) is 6.90. The fourth-order valence-corrected chi connectivity index (χ4v) is 2.22. The lowest BCUT2D eigenvalue weighted by atomic mass is 10.1. The summed E-state index contributed by atoms with van der Waals surface area (Å²) in [5.74, 6) is -1.32. The second-order valence-corrected chi connectivity index (χ2v) is 5.06. The second-order valence-electron chi connectivity index (χ2n) is 4.65. The number of nitrogens with one attached hydrogen (secondary N) is 1. The molecule has 0 radical (unpaired) electrons. The first-order valence-electron chi connectivity index (χ1n) is 6.52. The van der Waals surface area contributed by atoms with Gasteiger partial charge in [-0.3, -0.25) is 4.79 Å². The number of halogens is 2. The monoisotopic (exact) mass is 307 g/mol. The Hall–Kier alpha value is -1.91. The highest BCUT2D eigenvalue weighted by Gasteiger charge is 2.16. The van der Waals surface area contributed by atoms with Crippen LogP contribution in [0.2, 0.25) is 5.02 Å². The summed E-state index contributed by atoms with van der Waals surface area (Å²) in [5.41, 5.74) is 0.759. The number of hydrogen-bond donors (Lipinski definition) is 2. The Morgan fingerprint density at radius 3 is 2.57 bits per heavy atom. The van der Waals surface area contributed by atoms with Crippen LogP contribution >= 0.6 is 11.6 Å². The maximum absolute atomic E-state index is 13.6. The van der Waals surface area contributed by atoms with E-state index in [0.29, 0.717) is 6.42 Å². The molecule has 0 aromatic heterocycles. The Labute approximate surface area is 127 Å². The van der Waals surface area contributed by atoms with Gasteiger partial charge in [0, 0.05) is 13.0 Å². The van der Waals surface area contributed by atoms with Gasteiger partial charge in [0.15, 0.2) is 0 Å². The molecule has 5 heteroatoms. The molecule has 3 nitrogen and oxygen atoms in total. The average molecular weight is 308 g/mol. The Morgan fingerprint density at radius 2 is 1.90 bits per heavy atom. The third kappa shape index (κ3) is 4.28. The SMILES string of the molecule is O=C(NCC(O)Cc1ccccc1)c1c(F)cccc1Cl. The predicted molar refractivity (Wildman–Crippen MR) is 79.9 cm³/mol. The van der Waals surface area contributed by atoms with E-state index in [0.717, 1.165) is 5.56 Å². The number of aliphatic hydroxyl groups is 1. The molecule has 0 saturated heterocycles. The molecule has 1 unspecified atom stereocenters. The van der Waals surface area contributed by atoms with Gasteiger partial charge in [-0.2, -0.15) is 0 Å². The zero-order chi connectivity index (χ0) is 15.2. The summed E-state index contributed by atoms with van der Waals surface area (Å²) < 4.78 is 13.6. The Balaban J connectivity index is 1.92. The van der Waals surface area contributed by atoms with Crippen molar-refractivity contribution in [3.8, 4) is 0 Å². The quantitative estimate of drug-likeness (QED) is 0.892. The van der Waals surface area contributed by atoms with Crippen LogP contribution in [-0.2, 0) is 6.42 Å². The minimum absolute atomic E-state index is 0.0262. The van der Waals surface area contributed by atoms with Crippen LogP contribution in [0.25, 0.3) is 0 Å². The van der Waals surface area contributed by atoms with Crippen LogP contribution in [0, 0.1) is 5.82 Å². The van der Waals surface area contributed by atoms with Gasteiger partial charge in [0.05, 0.1) is 16.7 Å². The lowest BCUT2D eigenvalue weighted by Gasteiger charge is -2.13. The highest BCUT2D eigenvalue weighted by Crippen LogP contribution is 2.18. The molecule has 2 aromatic carbocycles. The van der Waals surface area contributed by atoms with Gasteiger partial charge in [-0.05, 0) is 17.7 Å². The minimum atomic E-state index is -0.748. The van der Waals surface area contributed by atoms with Crippen molar-refractivity contribution in [3.05, 3.63) is 70.5 Å². The van der Waals surface area contributed by atoms with Crippen LogP contribution in [0.3, 0.4) is 0 Å². The fourth-order valence-electron chi connectivity index (χ4n) is 1.97. The van der Waals surface area contributed by atoms with Gasteiger partial charge in [-0.25, -0.2) is 4.39 Å². The third-order valence-electron chi connectivity index (χ3n) is 3.00. The van der Waals surface area contributed by atoms with E-state index < -0.39 is 17.8 Å². The lowest BCUT2D eigenvalue weighted by Crippen LogP contribution is -2.33. The van der Waals surface area contributed by atoms with E-state index in [1.165, 1.54) is 18.2 Å². The van der Waals surface area contributed by atoms with E-state index in [4.69, 9.17) is 11.6 Å². The third-order valence-corrected chi connectivity index (χ3v) is 3.32. The molecular formula is C16H15ClFNO2. The number of carbonyl (C=O) groups excluding carboxylic acids is 1. The summed E-state index contributed by atoms with van der Waals surface area (Å²) in [7, 11) is 0. The summed E-state index contributed by atoms with van der Waals surface area (Å²) in [5, 5.41) is 12.4. The zero-order valence-electron chi connectivity index (χ0n) is 11.2. The van der Waals surface area contributed by atoms with E-state index in [1.807, 2.05) is 30.3 Å². The molecule has 1 amide bonds. The Morgan fingerprint density at radius 1 is 1.19 bits per heavy atom. The summed E-state index contributed by atoms with van der Waals surface area (Å²) in [6.45, 7) is 0.0262. The second kappa shape index (κ2) is 7.20. The first kappa shape index (κ1) is 15.5. The van der Waals surface area contributed by atoms with Gasteiger partial charge in [0.2, 0.25) is 0 Å². The van der Waals surface area contributed by atoms with Crippen LogP contribution in [0.1, 0.15) is 15.9 Å². The van der Waals surface area contributed by atoms with Gasteiger partial charge < -0.3 is 10.4 Å². The van der Waals surface area contributed by atoms with Gasteiger partial charge in [0.1, 0.15) is 5.82 Å². The van der Waals surface area contributed by atoms with Gasteiger partial charge in [0.25, 0.3) is 5.91 Å². The highest BCUT2D eigenvalue weighted by molar-refractivity contribution is 6.33. The fraction of sp³-hybridized carbons (Fsp3) is 0.188. The molecule has 110 valence electrons. The normalized spacial score (nSPS) is 12.0. The molecule has 2 aromatic rings. The van der Waals surface area contributed by atoms with E-state index >= 15 is 0 Å². The summed E-state index contributed by atoms with van der Waals surface area (Å²) in [6, 6.07) is 13.5. The van der Waals surface area contributed by atoms with E-state index in [2.05, 4.69) is 5.32 Å². The van der Waals surface area contributed by atoms with Crippen molar-refractivity contribution >= 4 is 17.5 Å². The molecular weight excluding hydrogens is 293 g/mol. The maximum Gasteiger partial charge on any atom is 0.255 e. The van der Waals surface area contributed by atoms with Crippen molar-refractivity contribution in [3.63, 3.8) is 0 Å². The smallest absolute Gasteiger partial charge is 0.255 e. The molecule has 0 aliphatic rings. The van der Waals surface area contributed by atoms with Gasteiger partial charge >= 0.3 is 0 Å². The summed E-state index contributed by atoms with van der Waals surface area (Å²) >= 11 is 5.81. The molecule has 2 N–H and O–H groups in total. The van der Waals surface area contributed by atoms with E-state index in [-0.39, 0.29) is 17.1 Å². The largest absolute Gasteiger partial charge is 0.391 e. The van der Waals surface area contributed by atoms with Crippen LogP contribution in [0.15, 0.2) is 48.5 Å². The number of rotatable bonds is 5. The topological polar surface area (TPSA) is 49.3 Å². The van der Waals surface area contributed by atoms with Crippen LogP contribution < -0.4 is 5.32 Å². The molecule has 0 aliphatic heterocycles. The van der Waals surface area contributed by atoms with Crippen LogP contribution in [-0.4, -0.2) is 23.7 Å². The number of carbonyl (C=O) groups is 1. The van der Waals surface area contributed by atoms with Crippen molar-refractivity contribution in [1.29, 1.82) is 0 Å². The molecule has 0 bridgehead atoms. The average Bonchev–Trinajstić information content (AvgIpc) is 2.46. The predicted octanol–water partition coefficient (Wildman–Crippen LogP) is 2.81. The van der Waals surface area contributed by atoms with Crippen molar-refractivity contribution in [2.75, 3.05) is 6.54 Å². The van der Waals surface area contributed by atoms with E-state index in [1.54, 1.807) is 0 Å². The van der Waals surface area contributed by atoms with Crippen molar-refractivity contribution < 1.29 is 14.3 Å². The lowest BCUT2D eigenvalue weighted by molar-refractivity contribution is 0.0912. The van der Waals surface area contributed by atoms with Gasteiger partial charge in [-0.1, -0.05) is 48.0 Å². The van der Waals surface area contributed by atoms with E-state index in [9.17, 15) is 14.3 Å². The molecule has 0 heterocycles. The summed E-state index contributed by atoms with van der Waals surface area (Å²) in [6.07, 6.45) is -0.339. The maximum atomic E-state index is 13.6. The number of amides is 1. The summed E-state index contributed by atoms with van der Waals surface area (Å²) in [4.78, 5) is 11.9. The number of hydrogen-bond acceptors (Lipinski definition) is 2. The number of aliphatic hydroxyl groups excluding tert-OH is 1. The molecule has 0 aliphatic carbocycles. The zero-order valence-corrected chi connectivity index (χ0v) is 12.0. The molecule has 2 rings (SSSR count). The minimum Gasteiger partial charge on any atom is -0.391 e. The van der Waals surface area contributed by atoms with Crippen molar-refractivity contribution in [2.24, 2.45) is 0 Å². The molecule has 0 spiro atoms. The van der Waals surface area contributed by atoms with Crippen LogP contribution in [0.4, 0.5) is 4.39 Å². The van der Waals surface area contributed by atoms with Gasteiger partial charge in [-0.15, -0.1) is 0 Å². The van der Waals surface area contributed by atoms with Crippen molar-refractivity contribution in [2.45, 2.75) is 12.5 Å². The first-order chi connectivity index (χ1) is 10.1. The molecule has 0 saturated carbocycles. The van der Waals surface area contributed by atoms with Crippen LogP contribution in [0.5, 0.6) is 0 Å². The molecule has 21 heavy (non-hydrogen) atoms. The molecule has 1 atom stereocenters. The number of benzene rings is 2. The Bertz CT molecular complexity index is 599. The van der Waals surface area contributed by atoms with Crippen molar-refractivity contribution in [1.82, 2.24) is 5.32 Å².